The van der Waals surface area contributed by atoms with E-state index in [-0.39, 0.29) is 21.4 Å². The molecule has 0 heterocycles. The van der Waals surface area contributed by atoms with Crippen molar-refractivity contribution in [2.24, 2.45) is 5.10 Å². The summed E-state index contributed by atoms with van der Waals surface area (Å²) < 4.78 is 10.9. The van der Waals surface area contributed by atoms with E-state index in [0.29, 0.717) is 21.4 Å². The van der Waals surface area contributed by atoms with Crippen LogP contribution >= 0.6 is 46.4 Å². The maximum atomic E-state index is 12.4. The van der Waals surface area contributed by atoms with E-state index in [9.17, 15) is 9.59 Å². The Hall–Kier alpha value is -2.77. The van der Waals surface area contributed by atoms with Gasteiger partial charge in [-0.25, -0.2) is 10.2 Å². The molecule has 10 heteroatoms. The van der Waals surface area contributed by atoms with E-state index in [0.717, 1.165) is 0 Å². The van der Waals surface area contributed by atoms with Gasteiger partial charge < -0.3 is 9.47 Å². The third-order valence-corrected chi connectivity index (χ3v) is 5.25. The van der Waals surface area contributed by atoms with Crippen molar-refractivity contribution in [1.29, 1.82) is 0 Å². The Morgan fingerprint density at radius 1 is 0.939 bits per heavy atom. The minimum absolute atomic E-state index is 0.183. The van der Waals surface area contributed by atoms with Crippen LogP contribution in [0.15, 0.2) is 65.8 Å². The molecule has 6 nitrogen and oxygen atoms in total. The van der Waals surface area contributed by atoms with Gasteiger partial charge in [0.15, 0.2) is 6.10 Å². The van der Waals surface area contributed by atoms with Crippen LogP contribution in [0.2, 0.25) is 20.1 Å². The summed E-state index contributed by atoms with van der Waals surface area (Å²) in [7, 11) is 0. The first kappa shape index (κ1) is 24.9. The molecule has 0 fully saturated rings. The number of esters is 1. The van der Waals surface area contributed by atoms with Crippen molar-refractivity contribution in [3.8, 4) is 11.5 Å². The fourth-order valence-electron chi connectivity index (χ4n) is 2.55. The first-order valence-electron chi connectivity index (χ1n) is 9.45. The van der Waals surface area contributed by atoms with Gasteiger partial charge in [-0.15, -0.1) is 0 Å². The molecule has 3 rings (SSSR count). The Bertz CT molecular complexity index is 1220. The summed E-state index contributed by atoms with van der Waals surface area (Å²) in [4.78, 5) is 24.6. The first-order valence-corrected chi connectivity index (χ1v) is 11.0. The standard InChI is InChI=1S/C23H16Cl4N2O4/c1-13(32-21-8-6-16(25)11-20(21)27)22(30)29-28-12-14-3-2-4-17(9-14)33-23(31)18-7-5-15(24)10-19(18)26/h2-13H,1H3,(H,29,30)/b28-12-/t13-/m0/s1. The van der Waals surface area contributed by atoms with Crippen molar-refractivity contribution in [2.75, 3.05) is 0 Å². The average Bonchev–Trinajstić information content (AvgIpc) is 2.75. The van der Waals surface area contributed by atoms with Gasteiger partial charge in [-0.2, -0.15) is 5.10 Å². The molecule has 0 saturated carbocycles. The van der Waals surface area contributed by atoms with Crippen LogP contribution in [0, 0.1) is 0 Å². The number of rotatable bonds is 7. The zero-order chi connectivity index (χ0) is 24.0. The maximum absolute atomic E-state index is 12.4. The van der Waals surface area contributed by atoms with Gasteiger partial charge in [-0.3, -0.25) is 4.79 Å². The Morgan fingerprint density at radius 3 is 2.33 bits per heavy atom. The van der Waals surface area contributed by atoms with Crippen LogP contribution in [0.3, 0.4) is 0 Å². The molecule has 0 saturated heterocycles. The van der Waals surface area contributed by atoms with Crippen LogP contribution in [-0.4, -0.2) is 24.2 Å². The van der Waals surface area contributed by atoms with Crippen molar-refractivity contribution in [1.82, 2.24) is 5.43 Å². The van der Waals surface area contributed by atoms with Gasteiger partial charge in [-0.1, -0.05) is 58.5 Å². The summed E-state index contributed by atoms with van der Waals surface area (Å²) in [6, 6.07) is 15.7. The zero-order valence-corrected chi connectivity index (χ0v) is 20.0. The lowest BCUT2D eigenvalue weighted by molar-refractivity contribution is -0.127. The number of ether oxygens (including phenoxy) is 2. The molecule has 0 aliphatic rings. The molecular weight excluding hydrogens is 510 g/mol. The summed E-state index contributed by atoms with van der Waals surface area (Å²) in [6.45, 7) is 1.55. The molecule has 0 bridgehead atoms. The van der Waals surface area contributed by atoms with E-state index in [4.69, 9.17) is 55.9 Å². The number of benzene rings is 3. The van der Waals surface area contributed by atoms with Crippen molar-refractivity contribution >= 4 is 64.5 Å². The Morgan fingerprint density at radius 2 is 1.64 bits per heavy atom. The molecule has 3 aromatic rings. The molecule has 3 aromatic carbocycles. The minimum atomic E-state index is -0.864. The monoisotopic (exact) mass is 524 g/mol. The second-order valence-corrected chi connectivity index (χ2v) is 8.34. The van der Waals surface area contributed by atoms with Crippen LogP contribution in [0.5, 0.6) is 11.5 Å². The molecule has 1 atom stereocenters. The SMILES string of the molecule is C[C@H](Oc1ccc(Cl)cc1Cl)C(=O)N/N=C\c1cccc(OC(=O)c2ccc(Cl)cc2Cl)c1. The normalized spacial score (nSPS) is 11.8. The van der Waals surface area contributed by atoms with E-state index in [1.807, 2.05) is 0 Å². The molecule has 0 aromatic heterocycles. The van der Waals surface area contributed by atoms with E-state index < -0.39 is 18.0 Å². The topological polar surface area (TPSA) is 77.0 Å². The third kappa shape index (κ3) is 7.11. The Kier molecular flexibility index (Phi) is 8.58. The van der Waals surface area contributed by atoms with E-state index in [2.05, 4.69) is 10.5 Å². The van der Waals surface area contributed by atoms with Gasteiger partial charge in [0, 0.05) is 10.0 Å². The molecule has 0 unspecified atom stereocenters. The lowest BCUT2D eigenvalue weighted by atomic mass is 10.2. The number of carbonyl (C=O) groups excluding carboxylic acids is 2. The lowest BCUT2D eigenvalue weighted by Crippen LogP contribution is -2.33. The highest BCUT2D eigenvalue weighted by Crippen LogP contribution is 2.28. The molecular formula is C23H16Cl4N2O4. The predicted octanol–water partition coefficient (Wildman–Crippen LogP) is 6.44. The smallest absolute Gasteiger partial charge is 0.345 e. The van der Waals surface area contributed by atoms with Crippen molar-refractivity contribution < 1.29 is 19.1 Å². The van der Waals surface area contributed by atoms with E-state index in [1.165, 1.54) is 24.4 Å². The van der Waals surface area contributed by atoms with Crippen LogP contribution in [0.4, 0.5) is 0 Å². The molecule has 1 N–H and O–H groups in total. The molecule has 0 aliphatic heterocycles. The maximum Gasteiger partial charge on any atom is 0.345 e. The van der Waals surface area contributed by atoms with Crippen LogP contribution < -0.4 is 14.9 Å². The van der Waals surface area contributed by atoms with Crippen molar-refractivity contribution in [3.05, 3.63) is 91.9 Å². The summed E-state index contributed by atoms with van der Waals surface area (Å²) >= 11 is 23.8. The highest BCUT2D eigenvalue weighted by Gasteiger charge is 2.16. The molecule has 0 aliphatic carbocycles. The fourth-order valence-corrected chi connectivity index (χ4v) is 3.49. The third-order valence-electron chi connectivity index (χ3n) is 4.17. The zero-order valence-electron chi connectivity index (χ0n) is 17.0. The number of nitrogens with zero attached hydrogens (tertiary/aromatic N) is 1. The summed E-state index contributed by atoms with van der Waals surface area (Å²) in [5.74, 6) is -0.526. The Balaban J connectivity index is 1.58. The second-order valence-electron chi connectivity index (χ2n) is 6.66. The van der Waals surface area contributed by atoms with Crippen molar-refractivity contribution in [2.45, 2.75) is 13.0 Å². The highest BCUT2D eigenvalue weighted by atomic mass is 35.5. The number of nitrogens with one attached hydrogen (secondary N) is 1. The second kappa shape index (κ2) is 11.4. The van der Waals surface area contributed by atoms with Gasteiger partial charge in [0.25, 0.3) is 5.91 Å². The number of hydrazone groups is 1. The average molecular weight is 526 g/mol. The largest absolute Gasteiger partial charge is 0.479 e. The summed E-state index contributed by atoms with van der Waals surface area (Å²) in [6.07, 6.45) is 0.532. The Labute approximate surface area is 210 Å². The summed E-state index contributed by atoms with van der Waals surface area (Å²) in [5.41, 5.74) is 3.14. The van der Waals surface area contributed by atoms with Crippen molar-refractivity contribution in [3.63, 3.8) is 0 Å². The number of carbonyl (C=O) groups is 2. The highest BCUT2D eigenvalue weighted by molar-refractivity contribution is 6.36. The first-order chi connectivity index (χ1) is 15.7. The number of halogens is 4. The van der Waals surface area contributed by atoms with Gasteiger partial charge in [0.05, 0.1) is 21.8 Å². The van der Waals surface area contributed by atoms with Gasteiger partial charge in [-0.05, 0) is 61.0 Å². The summed E-state index contributed by atoms with van der Waals surface area (Å²) in [5, 5.41) is 5.25. The van der Waals surface area contributed by atoms with E-state index >= 15 is 0 Å². The molecule has 0 radical (unpaired) electrons. The molecule has 33 heavy (non-hydrogen) atoms. The van der Waals surface area contributed by atoms with Gasteiger partial charge >= 0.3 is 5.97 Å². The van der Waals surface area contributed by atoms with Gasteiger partial charge in [0.2, 0.25) is 0 Å². The number of hydrogen-bond donors (Lipinski definition) is 1. The fraction of sp³-hybridized carbons (Fsp3) is 0.0870. The molecule has 0 spiro atoms. The number of amides is 1. The van der Waals surface area contributed by atoms with Crippen LogP contribution in [0.25, 0.3) is 0 Å². The van der Waals surface area contributed by atoms with Crippen LogP contribution in [-0.2, 0) is 4.79 Å². The quantitative estimate of drug-likeness (QED) is 0.167. The van der Waals surface area contributed by atoms with Gasteiger partial charge in [0.1, 0.15) is 11.5 Å². The number of hydrogen-bond acceptors (Lipinski definition) is 5. The van der Waals surface area contributed by atoms with Crippen LogP contribution in [0.1, 0.15) is 22.8 Å². The predicted molar refractivity (Wildman–Crippen MR) is 130 cm³/mol. The lowest BCUT2D eigenvalue weighted by Gasteiger charge is -2.14. The molecule has 170 valence electrons. The minimum Gasteiger partial charge on any atom is -0.479 e. The van der Waals surface area contributed by atoms with E-state index in [1.54, 1.807) is 49.4 Å². The molecule has 1 amide bonds.